The number of nitrogens with one attached hydrogen (secondary N) is 2. The lowest BCUT2D eigenvalue weighted by Crippen LogP contribution is -2.26. The van der Waals surface area contributed by atoms with Gasteiger partial charge in [-0.3, -0.25) is 0 Å². The van der Waals surface area contributed by atoms with Crippen molar-refractivity contribution >= 4 is 6.09 Å². The van der Waals surface area contributed by atoms with E-state index in [2.05, 4.69) is 17.6 Å². The van der Waals surface area contributed by atoms with Crippen molar-refractivity contribution in [2.75, 3.05) is 26.2 Å². The van der Waals surface area contributed by atoms with E-state index in [4.69, 9.17) is 4.74 Å². The standard InChI is InChI=1S/C10H22N2O2/c1-3-6-11-8-5-9-14-10(13)12-7-4-2/h11H,3-9H2,1-2H3,(H,12,13). The monoisotopic (exact) mass is 202 g/mol. The van der Waals surface area contributed by atoms with Crippen LogP contribution in [0.1, 0.15) is 33.1 Å². The molecule has 0 heterocycles. The molecule has 0 atom stereocenters. The summed E-state index contributed by atoms with van der Waals surface area (Å²) in [6.07, 6.45) is 2.65. The first-order valence-corrected chi connectivity index (χ1v) is 5.42. The van der Waals surface area contributed by atoms with E-state index in [1.165, 1.54) is 0 Å². The van der Waals surface area contributed by atoms with Gasteiger partial charge < -0.3 is 15.4 Å². The Morgan fingerprint density at radius 1 is 1.14 bits per heavy atom. The molecule has 0 aliphatic heterocycles. The van der Waals surface area contributed by atoms with Crippen molar-refractivity contribution < 1.29 is 9.53 Å². The summed E-state index contributed by atoms with van der Waals surface area (Å²) >= 11 is 0. The summed E-state index contributed by atoms with van der Waals surface area (Å²) in [6, 6.07) is 0. The molecule has 0 aromatic heterocycles. The van der Waals surface area contributed by atoms with E-state index in [9.17, 15) is 4.79 Å². The fourth-order valence-corrected chi connectivity index (χ4v) is 0.942. The lowest BCUT2D eigenvalue weighted by atomic mass is 10.4. The third-order valence-corrected chi connectivity index (χ3v) is 1.68. The fraction of sp³-hybridized carbons (Fsp3) is 0.900. The van der Waals surface area contributed by atoms with Gasteiger partial charge in [-0.25, -0.2) is 4.79 Å². The zero-order valence-electron chi connectivity index (χ0n) is 9.27. The van der Waals surface area contributed by atoms with E-state index in [1.807, 2.05) is 6.92 Å². The van der Waals surface area contributed by atoms with Crippen molar-refractivity contribution in [1.29, 1.82) is 0 Å². The highest BCUT2D eigenvalue weighted by atomic mass is 16.5. The smallest absolute Gasteiger partial charge is 0.407 e. The molecule has 1 amide bonds. The molecule has 0 radical (unpaired) electrons. The van der Waals surface area contributed by atoms with E-state index in [0.29, 0.717) is 13.2 Å². The molecule has 0 aromatic carbocycles. The van der Waals surface area contributed by atoms with Crippen LogP contribution >= 0.6 is 0 Å². The predicted octanol–water partition coefficient (Wildman–Crippen LogP) is 1.51. The maximum absolute atomic E-state index is 10.9. The Bertz CT molecular complexity index is 140. The Morgan fingerprint density at radius 3 is 2.50 bits per heavy atom. The van der Waals surface area contributed by atoms with E-state index >= 15 is 0 Å². The average molecular weight is 202 g/mol. The third-order valence-electron chi connectivity index (χ3n) is 1.68. The molecule has 4 nitrogen and oxygen atoms in total. The van der Waals surface area contributed by atoms with Gasteiger partial charge in [0.2, 0.25) is 0 Å². The summed E-state index contributed by atoms with van der Waals surface area (Å²) in [5.41, 5.74) is 0. The Kier molecular flexibility index (Phi) is 9.74. The van der Waals surface area contributed by atoms with E-state index in [-0.39, 0.29) is 6.09 Å². The van der Waals surface area contributed by atoms with Crippen molar-refractivity contribution in [3.63, 3.8) is 0 Å². The normalized spacial score (nSPS) is 9.86. The van der Waals surface area contributed by atoms with Gasteiger partial charge in [0.1, 0.15) is 0 Å². The molecule has 0 saturated heterocycles. The van der Waals surface area contributed by atoms with Gasteiger partial charge in [-0.2, -0.15) is 0 Å². The first-order valence-electron chi connectivity index (χ1n) is 5.42. The maximum Gasteiger partial charge on any atom is 0.407 e. The van der Waals surface area contributed by atoms with Gasteiger partial charge in [0.15, 0.2) is 0 Å². The zero-order valence-corrected chi connectivity index (χ0v) is 9.27. The summed E-state index contributed by atoms with van der Waals surface area (Å²) in [5.74, 6) is 0. The van der Waals surface area contributed by atoms with Gasteiger partial charge in [-0.05, 0) is 32.4 Å². The largest absolute Gasteiger partial charge is 0.450 e. The Hall–Kier alpha value is -0.770. The van der Waals surface area contributed by atoms with Crippen molar-refractivity contribution in [3.05, 3.63) is 0 Å². The molecular weight excluding hydrogens is 180 g/mol. The van der Waals surface area contributed by atoms with E-state index in [1.54, 1.807) is 0 Å². The van der Waals surface area contributed by atoms with Crippen LogP contribution in [0.3, 0.4) is 0 Å². The SMILES string of the molecule is CCCNCCCOC(=O)NCCC. The first kappa shape index (κ1) is 13.2. The van der Waals surface area contributed by atoms with Crippen LogP contribution < -0.4 is 10.6 Å². The molecular formula is C10H22N2O2. The highest BCUT2D eigenvalue weighted by Crippen LogP contribution is 1.83. The van der Waals surface area contributed by atoms with Crippen molar-refractivity contribution in [2.24, 2.45) is 0 Å². The number of carbonyl (C=O) groups is 1. The van der Waals surface area contributed by atoms with Crippen LogP contribution in [0.4, 0.5) is 4.79 Å². The van der Waals surface area contributed by atoms with Crippen LogP contribution in [-0.4, -0.2) is 32.3 Å². The molecule has 0 saturated carbocycles. The molecule has 84 valence electrons. The number of alkyl carbamates (subject to hydrolysis) is 1. The number of hydrogen-bond donors (Lipinski definition) is 2. The summed E-state index contributed by atoms with van der Waals surface area (Å²) in [6.45, 7) is 7.26. The minimum atomic E-state index is -0.303. The lowest BCUT2D eigenvalue weighted by Gasteiger charge is -2.06. The molecule has 0 unspecified atom stereocenters. The minimum Gasteiger partial charge on any atom is -0.450 e. The minimum absolute atomic E-state index is 0.303. The van der Waals surface area contributed by atoms with Gasteiger partial charge in [-0.15, -0.1) is 0 Å². The van der Waals surface area contributed by atoms with Crippen LogP contribution in [0, 0.1) is 0 Å². The van der Waals surface area contributed by atoms with Gasteiger partial charge in [0, 0.05) is 6.54 Å². The zero-order chi connectivity index (χ0) is 10.6. The molecule has 4 heteroatoms. The summed E-state index contributed by atoms with van der Waals surface area (Å²) in [7, 11) is 0. The Labute approximate surface area is 86.4 Å². The van der Waals surface area contributed by atoms with Crippen LogP contribution in [0.5, 0.6) is 0 Å². The molecule has 0 aromatic rings. The first-order chi connectivity index (χ1) is 6.81. The highest BCUT2D eigenvalue weighted by Gasteiger charge is 1.98. The van der Waals surface area contributed by atoms with Gasteiger partial charge in [0.05, 0.1) is 6.61 Å². The van der Waals surface area contributed by atoms with Crippen LogP contribution in [0.15, 0.2) is 0 Å². The number of rotatable bonds is 8. The van der Waals surface area contributed by atoms with Gasteiger partial charge >= 0.3 is 6.09 Å². The number of carbonyl (C=O) groups excluding carboxylic acids is 1. The Morgan fingerprint density at radius 2 is 1.86 bits per heavy atom. The molecule has 0 rings (SSSR count). The van der Waals surface area contributed by atoms with Crippen LogP contribution in [-0.2, 0) is 4.74 Å². The topological polar surface area (TPSA) is 50.4 Å². The molecule has 0 bridgehead atoms. The second-order valence-electron chi connectivity index (χ2n) is 3.17. The quantitative estimate of drug-likeness (QED) is 0.587. The van der Waals surface area contributed by atoms with E-state index < -0.39 is 0 Å². The fourth-order valence-electron chi connectivity index (χ4n) is 0.942. The maximum atomic E-state index is 10.9. The number of ether oxygens (including phenoxy) is 1. The second kappa shape index (κ2) is 10.3. The molecule has 0 aliphatic rings. The number of amides is 1. The van der Waals surface area contributed by atoms with E-state index in [0.717, 1.165) is 32.4 Å². The molecule has 14 heavy (non-hydrogen) atoms. The Balaban J connectivity index is 3.07. The third kappa shape index (κ3) is 9.32. The second-order valence-corrected chi connectivity index (χ2v) is 3.17. The van der Waals surface area contributed by atoms with Crippen molar-refractivity contribution in [3.8, 4) is 0 Å². The van der Waals surface area contributed by atoms with Crippen LogP contribution in [0.25, 0.3) is 0 Å². The molecule has 2 N–H and O–H groups in total. The van der Waals surface area contributed by atoms with Crippen molar-refractivity contribution in [1.82, 2.24) is 10.6 Å². The summed E-state index contributed by atoms with van der Waals surface area (Å²) in [4.78, 5) is 10.9. The van der Waals surface area contributed by atoms with Crippen molar-refractivity contribution in [2.45, 2.75) is 33.1 Å². The predicted molar refractivity (Wildman–Crippen MR) is 57.4 cm³/mol. The average Bonchev–Trinajstić information content (AvgIpc) is 2.20. The molecule has 0 fully saturated rings. The summed E-state index contributed by atoms with van der Waals surface area (Å²) < 4.78 is 4.93. The van der Waals surface area contributed by atoms with Crippen LogP contribution in [0.2, 0.25) is 0 Å². The molecule has 0 spiro atoms. The highest BCUT2D eigenvalue weighted by molar-refractivity contribution is 5.66. The van der Waals surface area contributed by atoms with Gasteiger partial charge in [0.25, 0.3) is 0 Å². The summed E-state index contributed by atoms with van der Waals surface area (Å²) in [5, 5.41) is 5.89. The number of hydrogen-bond acceptors (Lipinski definition) is 3. The molecule has 0 aliphatic carbocycles. The van der Waals surface area contributed by atoms with Gasteiger partial charge in [-0.1, -0.05) is 13.8 Å². The lowest BCUT2D eigenvalue weighted by molar-refractivity contribution is 0.145.